The molecule has 10 heteroatoms. The molecule has 2 aromatic rings. The van der Waals surface area contributed by atoms with Gasteiger partial charge in [-0.25, -0.2) is 4.98 Å². The molecule has 0 unspecified atom stereocenters. The maximum Gasteiger partial charge on any atom is 0.290 e. The average molecular weight is 522 g/mol. The zero-order chi connectivity index (χ0) is 25.8. The van der Waals surface area contributed by atoms with E-state index in [0.29, 0.717) is 29.1 Å². The molecule has 196 valence electrons. The van der Waals surface area contributed by atoms with Crippen LogP contribution in [0.25, 0.3) is 6.08 Å². The van der Waals surface area contributed by atoms with Gasteiger partial charge in [0.1, 0.15) is 5.82 Å². The Bertz CT molecular complexity index is 1140. The fourth-order valence-electron chi connectivity index (χ4n) is 5.23. The van der Waals surface area contributed by atoms with Gasteiger partial charge in [0.15, 0.2) is 0 Å². The number of benzene rings is 1. The van der Waals surface area contributed by atoms with Crippen molar-refractivity contribution in [3.63, 3.8) is 0 Å². The van der Waals surface area contributed by atoms with Crippen LogP contribution in [0.3, 0.4) is 0 Å². The lowest BCUT2D eigenvalue weighted by Gasteiger charge is -2.42. The molecule has 1 N–H and O–H groups in total. The maximum atomic E-state index is 12.2. The Morgan fingerprint density at radius 3 is 2.43 bits per heavy atom. The topological polar surface area (TPSA) is 84.9 Å². The van der Waals surface area contributed by atoms with Gasteiger partial charge >= 0.3 is 0 Å². The summed E-state index contributed by atoms with van der Waals surface area (Å²) >= 11 is 0.908. The Hall–Kier alpha value is -2.95. The molecule has 0 saturated carbocycles. The molecule has 5 rings (SSSR count). The average Bonchev–Trinajstić information content (AvgIpc) is 3.25. The van der Waals surface area contributed by atoms with Gasteiger partial charge in [-0.2, -0.15) is 4.98 Å². The van der Waals surface area contributed by atoms with Crippen LogP contribution in [0.1, 0.15) is 31.0 Å². The highest BCUT2D eigenvalue weighted by Crippen LogP contribution is 2.28. The van der Waals surface area contributed by atoms with Crippen LogP contribution in [0, 0.1) is 0 Å². The number of hydrogen-bond donors (Lipinski definition) is 1. The molecular formula is C27H35N7O2S. The van der Waals surface area contributed by atoms with Crippen LogP contribution in [0.2, 0.25) is 0 Å². The molecule has 0 bridgehead atoms. The second kappa shape index (κ2) is 11.6. The van der Waals surface area contributed by atoms with Crippen LogP contribution in [-0.2, 0) is 11.3 Å². The standard InChI is InChI=1S/C27H35N7O2S/c1-3-32-11-9-22(10-12-32)33-13-15-34(16-14-33)26-28-21(17-23-25(35)30-27(36)37-23)18-24(29-26)31(2)19-20-7-5-4-6-8-20/h4-8,17-18,22H,3,9-16,19H2,1-2H3,(H,30,35,36)/b23-17-. The van der Waals surface area contributed by atoms with E-state index in [-0.39, 0.29) is 11.1 Å². The summed E-state index contributed by atoms with van der Waals surface area (Å²) in [4.78, 5) is 43.4. The van der Waals surface area contributed by atoms with Crippen LogP contribution in [0.5, 0.6) is 0 Å². The number of piperidine rings is 1. The van der Waals surface area contributed by atoms with E-state index >= 15 is 0 Å². The molecule has 9 nitrogen and oxygen atoms in total. The summed E-state index contributed by atoms with van der Waals surface area (Å²) in [7, 11) is 2.01. The molecule has 3 fully saturated rings. The van der Waals surface area contributed by atoms with Gasteiger partial charge in [-0.15, -0.1) is 0 Å². The number of likely N-dealkylation sites (tertiary alicyclic amines) is 1. The van der Waals surface area contributed by atoms with Crippen molar-refractivity contribution in [2.45, 2.75) is 32.4 Å². The molecular weight excluding hydrogens is 486 g/mol. The van der Waals surface area contributed by atoms with E-state index in [1.165, 1.54) is 31.5 Å². The third-order valence-corrected chi connectivity index (χ3v) is 8.22. The van der Waals surface area contributed by atoms with Crippen LogP contribution in [0.15, 0.2) is 41.3 Å². The van der Waals surface area contributed by atoms with Crippen molar-refractivity contribution in [2.75, 3.05) is 62.7 Å². The summed E-state index contributed by atoms with van der Waals surface area (Å²) in [5, 5.41) is 1.97. The molecule has 4 heterocycles. The van der Waals surface area contributed by atoms with Gasteiger partial charge in [-0.3, -0.25) is 19.8 Å². The molecule has 3 aliphatic rings. The quantitative estimate of drug-likeness (QED) is 0.553. The van der Waals surface area contributed by atoms with Gasteiger partial charge in [0, 0.05) is 51.9 Å². The zero-order valence-corrected chi connectivity index (χ0v) is 22.4. The van der Waals surface area contributed by atoms with Crippen molar-refractivity contribution in [3.8, 4) is 0 Å². The van der Waals surface area contributed by atoms with Crippen molar-refractivity contribution >= 4 is 40.8 Å². The number of hydrogen-bond acceptors (Lipinski definition) is 9. The van der Waals surface area contributed by atoms with Gasteiger partial charge in [0.25, 0.3) is 11.1 Å². The molecule has 1 aromatic heterocycles. The molecule has 3 aliphatic heterocycles. The molecule has 3 saturated heterocycles. The minimum Gasteiger partial charge on any atom is -0.355 e. The van der Waals surface area contributed by atoms with Crippen LogP contribution < -0.4 is 15.1 Å². The monoisotopic (exact) mass is 521 g/mol. The summed E-state index contributed by atoms with van der Waals surface area (Å²) in [6.45, 7) is 10.2. The van der Waals surface area contributed by atoms with Gasteiger partial charge in [0.2, 0.25) is 5.95 Å². The Kier molecular flexibility index (Phi) is 8.07. The summed E-state index contributed by atoms with van der Waals surface area (Å²) < 4.78 is 0. The smallest absolute Gasteiger partial charge is 0.290 e. The highest BCUT2D eigenvalue weighted by molar-refractivity contribution is 8.18. The first-order chi connectivity index (χ1) is 18.0. The Balaban J connectivity index is 1.34. The first-order valence-electron chi connectivity index (χ1n) is 13.1. The highest BCUT2D eigenvalue weighted by atomic mass is 32.2. The lowest BCUT2D eigenvalue weighted by atomic mass is 10.0. The van der Waals surface area contributed by atoms with Crippen LogP contribution in [0.4, 0.5) is 16.6 Å². The molecule has 1 aromatic carbocycles. The van der Waals surface area contributed by atoms with Crippen LogP contribution in [-0.4, -0.2) is 89.8 Å². The number of carbonyl (C=O) groups is 2. The second-order valence-electron chi connectivity index (χ2n) is 9.83. The van der Waals surface area contributed by atoms with E-state index in [1.54, 1.807) is 6.08 Å². The van der Waals surface area contributed by atoms with Crippen molar-refractivity contribution in [1.29, 1.82) is 0 Å². The van der Waals surface area contributed by atoms with Gasteiger partial charge in [-0.05, 0) is 55.9 Å². The molecule has 0 atom stereocenters. The molecule has 0 radical (unpaired) electrons. The summed E-state index contributed by atoms with van der Waals surface area (Å²) in [5.74, 6) is 1.07. The number of imide groups is 1. The second-order valence-corrected chi connectivity index (χ2v) is 10.8. The van der Waals surface area contributed by atoms with E-state index in [9.17, 15) is 9.59 Å². The lowest BCUT2D eigenvalue weighted by Crippen LogP contribution is -2.53. The first-order valence-corrected chi connectivity index (χ1v) is 13.9. The van der Waals surface area contributed by atoms with E-state index in [4.69, 9.17) is 9.97 Å². The zero-order valence-electron chi connectivity index (χ0n) is 21.6. The normalized spacial score (nSPS) is 21.0. The summed E-state index contributed by atoms with van der Waals surface area (Å²) in [6, 6.07) is 12.8. The molecule has 0 spiro atoms. The number of rotatable bonds is 7. The number of amides is 2. The number of thioether (sulfide) groups is 1. The van der Waals surface area contributed by atoms with Crippen molar-refractivity contribution in [1.82, 2.24) is 25.1 Å². The molecule has 2 amide bonds. The summed E-state index contributed by atoms with van der Waals surface area (Å²) in [5.41, 5.74) is 1.81. The predicted octanol–water partition coefficient (Wildman–Crippen LogP) is 3.04. The SMILES string of the molecule is CCN1CCC(N2CCN(c3nc(/C=C4\SC(=O)NC4=O)cc(N(C)Cc4ccccc4)n3)CC2)CC1. The van der Waals surface area contributed by atoms with Crippen LogP contribution >= 0.6 is 11.8 Å². The third-order valence-electron chi connectivity index (χ3n) is 7.41. The molecule has 37 heavy (non-hydrogen) atoms. The van der Waals surface area contributed by atoms with E-state index in [0.717, 1.165) is 50.3 Å². The van der Waals surface area contributed by atoms with Gasteiger partial charge < -0.3 is 14.7 Å². The number of nitrogens with one attached hydrogen (secondary N) is 1. The largest absolute Gasteiger partial charge is 0.355 e. The van der Waals surface area contributed by atoms with Crippen molar-refractivity contribution in [3.05, 3.63) is 52.6 Å². The number of nitrogens with zero attached hydrogens (tertiary/aromatic N) is 6. The van der Waals surface area contributed by atoms with Crippen molar-refractivity contribution in [2.24, 2.45) is 0 Å². The Labute approximate surface area is 222 Å². The maximum absolute atomic E-state index is 12.2. The number of carbonyl (C=O) groups excluding carboxylic acids is 2. The Morgan fingerprint density at radius 1 is 1.05 bits per heavy atom. The van der Waals surface area contributed by atoms with E-state index in [1.807, 2.05) is 31.3 Å². The van der Waals surface area contributed by atoms with E-state index < -0.39 is 0 Å². The highest BCUT2D eigenvalue weighted by Gasteiger charge is 2.29. The van der Waals surface area contributed by atoms with Gasteiger partial charge in [0.05, 0.1) is 10.6 Å². The molecule has 0 aliphatic carbocycles. The van der Waals surface area contributed by atoms with Gasteiger partial charge in [-0.1, -0.05) is 37.3 Å². The predicted molar refractivity (Wildman–Crippen MR) is 149 cm³/mol. The number of aromatic nitrogens is 2. The van der Waals surface area contributed by atoms with Crippen molar-refractivity contribution < 1.29 is 9.59 Å². The summed E-state index contributed by atoms with van der Waals surface area (Å²) in [6.07, 6.45) is 4.16. The minimum absolute atomic E-state index is 0.354. The Morgan fingerprint density at radius 2 is 1.78 bits per heavy atom. The fraction of sp³-hybridized carbons (Fsp3) is 0.481. The lowest BCUT2D eigenvalue weighted by molar-refractivity contribution is -0.115. The van der Waals surface area contributed by atoms with E-state index in [2.05, 4.69) is 44.0 Å². The number of anilines is 2. The third kappa shape index (κ3) is 6.31. The fourth-order valence-corrected chi connectivity index (χ4v) is 5.90. The minimum atomic E-state index is -0.378. The number of piperazine rings is 1. The first kappa shape index (κ1) is 25.7.